The molecule has 0 spiro atoms. The minimum atomic E-state index is -0.826. The molecule has 1 heterocycles. The van der Waals surface area contributed by atoms with Gasteiger partial charge in [0.2, 0.25) is 0 Å². The number of carboxylic acids is 1. The summed E-state index contributed by atoms with van der Waals surface area (Å²) in [4.78, 5) is 15.0. The predicted molar refractivity (Wildman–Crippen MR) is 71.0 cm³/mol. The quantitative estimate of drug-likeness (QED) is 0.863. The molecular formula is C15H15NO3. The van der Waals surface area contributed by atoms with Gasteiger partial charge in [0, 0.05) is 12.4 Å². The highest BCUT2D eigenvalue weighted by Gasteiger charge is 2.16. The highest BCUT2D eigenvalue weighted by Crippen LogP contribution is 2.24. The second kappa shape index (κ2) is 6.00. The van der Waals surface area contributed by atoms with Crippen molar-refractivity contribution in [1.29, 1.82) is 0 Å². The highest BCUT2D eigenvalue weighted by molar-refractivity contribution is 5.68. The second-order valence-electron chi connectivity index (χ2n) is 4.45. The number of phenolic OH excluding ortho intramolecular Hbond substituents is 1. The van der Waals surface area contributed by atoms with Gasteiger partial charge in [-0.15, -0.1) is 0 Å². The Bertz CT molecular complexity index is 537. The lowest BCUT2D eigenvalue weighted by molar-refractivity contribution is -0.137. The van der Waals surface area contributed by atoms with Gasteiger partial charge in [0.25, 0.3) is 0 Å². The molecule has 0 aliphatic carbocycles. The molecule has 2 N–H and O–H groups in total. The summed E-state index contributed by atoms with van der Waals surface area (Å²) < 4.78 is 0. The van der Waals surface area contributed by atoms with Crippen molar-refractivity contribution in [2.75, 3.05) is 0 Å². The summed E-state index contributed by atoms with van der Waals surface area (Å²) in [6.07, 6.45) is 4.04. The minimum absolute atomic E-state index is 0.0621. The van der Waals surface area contributed by atoms with Crippen LogP contribution in [0.2, 0.25) is 0 Å². The van der Waals surface area contributed by atoms with E-state index >= 15 is 0 Å². The molecule has 0 aliphatic heterocycles. The normalized spacial score (nSPS) is 12.0. The summed E-state index contributed by atoms with van der Waals surface area (Å²) >= 11 is 0. The summed E-state index contributed by atoms with van der Waals surface area (Å²) in [6, 6.07) is 10.5. The molecule has 0 fully saturated rings. The zero-order valence-electron chi connectivity index (χ0n) is 10.4. The minimum Gasteiger partial charge on any atom is -0.508 e. The Balaban J connectivity index is 2.19. The van der Waals surface area contributed by atoms with Crippen LogP contribution in [-0.2, 0) is 11.2 Å². The van der Waals surface area contributed by atoms with E-state index in [1.165, 1.54) is 0 Å². The number of nitrogens with zero attached hydrogens (tertiary/aromatic N) is 1. The Morgan fingerprint density at radius 1 is 1.21 bits per heavy atom. The Kier molecular flexibility index (Phi) is 4.13. The molecule has 0 saturated carbocycles. The van der Waals surface area contributed by atoms with Gasteiger partial charge < -0.3 is 10.2 Å². The number of phenols is 1. The lowest BCUT2D eigenvalue weighted by Gasteiger charge is -2.15. The SMILES string of the molecule is O=C(O)CC(Cc1ccc(O)cc1)c1cccnc1. The average molecular weight is 257 g/mol. The number of hydrogen-bond acceptors (Lipinski definition) is 3. The Morgan fingerprint density at radius 3 is 2.53 bits per heavy atom. The molecule has 1 aromatic heterocycles. The van der Waals surface area contributed by atoms with Gasteiger partial charge in [-0.2, -0.15) is 0 Å². The zero-order valence-corrected chi connectivity index (χ0v) is 10.4. The lowest BCUT2D eigenvalue weighted by Crippen LogP contribution is -2.09. The fourth-order valence-electron chi connectivity index (χ4n) is 2.05. The number of carboxylic acid groups (broad SMARTS) is 1. The van der Waals surface area contributed by atoms with E-state index in [9.17, 15) is 9.90 Å². The standard InChI is InChI=1S/C15H15NO3/c17-14-5-3-11(4-6-14)8-13(9-15(18)19)12-2-1-7-16-10-12/h1-7,10,13,17H,8-9H2,(H,18,19). The average Bonchev–Trinajstić information content (AvgIpc) is 2.41. The van der Waals surface area contributed by atoms with Crippen molar-refractivity contribution in [1.82, 2.24) is 4.98 Å². The largest absolute Gasteiger partial charge is 0.508 e. The fourth-order valence-corrected chi connectivity index (χ4v) is 2.05. The van der Waals surface area contributed by atoms with Crippen molar-refractivity contribution in [2.24, 2.45) is 0 Å². The third kappa shape index (κ3) is 3.81. The van der Waals surface area contributed by atoms with E-state index in [0.29, 0.717) is 6.42 Å². The molecule has 1 unspecified atom stereocenters. The number of benzene rings is 1. The van der Waals surface area contributed by atoms with Gasteiger partial charge >= 0.3 is 5.97 Å². The van der Waals surface area contributed by atoms with E-state index in [0.717, 1.165) is 11.1 Å². The molecule has 0 bridgehead atoms. The van der Waals surface area contributed by atoms with Gasteiger partial charge in [0.05, 0.1) is 6.42 Å². The molecule has 4 nitrogen and oxygen atoms in total. The third-order valence-corrected chi connectivity index (χ3v) is 3.00. The van der Waals surface area contributed by atoms with Crippen LogP contribution < -0.4 is 0 Å². The summed E-state index contributed by atoms with van der Waals surface area (Å²) in [5, 5.41) is 18.3. The first-order chi connectivity index (χ1) is 9.15. The molecule has 0 amide bonds. The van der Waals surface area contributed by atoms with Crippen LogP contribution in [-0.4, -0.2) is 21.2 Å². The molecule has 1 atom stereocenters. The van der Waals surface area contributed by atoms with Gasteiger partial charge in [0.1, 0.15) is 5.75 Å². The Labute approximate surface area is 111 Å². The first-order valence-corrected chi connectivity index (χ1v) is 6.05. The zero-order chi connectivity index (χ0) is 13.7. The van der Waals surface area contributed by atoms with Gasteiger partial charge in [-0.05, 0) is 41.7 Å². The first kappa shape index (κ1) is 13.1. The number of aromatic hydroxyl groups is 1. The number of aromatic nitrogens is 1. The van der Waals surface area contributed by atoms with E-state index in [-0.39, 0.29) is 18.1 Å². The Morgan fingerprint density at radius 2 is 1.95 bits per heavy atom. The molecular weight excluding hydrogens is 242 g/mol. The summed E-state index contributed by atoms with van der Waals surface area (Å²) in [5.41, 5.74) is 1.91. The maximum absolute atomic E-state index is 11.0. The molecule has 0 aliphatic rings. The van der Waals surface area contributed by atoms with Crippen molar-refractivity contribution in [3.05, 3.63) is 59.9 Å². The van der Waals surface area contributed by atoms with E-state index in [4.69, 9.17) is 5.11 Å². The maximum Gasteiger partial charge on any atom is 0.303 e. The topological polar surface area (TPSA) is 70.4 Å². The van der Waals surface area contributed by atoms with Crippen LogP contribution >= 0.6 is 0 Å². The smallest absolute Gasteiger partial charge is 0.303 e. The second-order valence-corrected chi connectivity index (χ2v) is 4.45. The lowest BCUT2D eigenvalue weighted by atomic mass is 9.90. The van der Waals surface area contributed by atoms with Gasteiger partial charge in [-0.1, -0.05) is 18.2 Å². The number of rotatable bonds is 5. The predicted octanol–water partition coefficient (Wildman–Crippen LogP) is 2.59. The van der Waals surface area contributed by atoms with Crippen LogP contribution in [0.4, 0.5) is 0 Å². The number of aliphatic carboxylic acids is 1. The summed E-state index contributed by atoms with van der Waals surface area (Å²) in [7, 11) is 0. The van der Waals surface area contributed by atoms with Crippen LogP contribution in [0, 0.1) is 0 Å². The number of pyridine rings is 1. The van der Waals surface area contributed by atoms with Crippen LogP contribution in [0.5, 0.6) is 5.75 Å². The van der Waals surface area contributed by atoms with Gasteiger partial charge in [-0.25, -0.2) is 0 Å². The van der Waals surface area contributed by atoms with Crippen molar-refractivity contribution in [3.8, 4) is 5.75 Å². The van der Waals surface area contributed by atoms with Gasteiger partial charge in [0.15, 0.2) is 0 Å². The molecule has 98 valence electrons. The summed E-state index contributed by atoms with van der Waals surface area (Å²) in [5.74, 6) is -0.733. The van der Waals surface area contributed by atoms with Crippen molar-refractivity contribution in [3.63, 3.8) is 0 Å². The molecule has 2 rings (SSSR count). The van der Waals surface area contributed by atoms with Crippen molar-refractivity contribution in [2.45, 2.75) is 18.8 Å². The van der Waals surface area contributed by atoms with E-state index in [2.05, 4.69) is 4.98 Å². The monoisotopic (exact) mass is 257 g/mol. The van der Waals surface area contributed by atoms with Crippen LogP contribution in [0.15, 0.2) is 48.8 Å². The summed E-state index contributed by atoms with van der Waals surface area (Å²) in [6.45, 7) is 0. The fraction of sp³-hybridized carbons (Fsp3) is 0.200. The molecule has 1 aromatic carbocycles. The molecule has 0 saturated heterocycles. The van der Waals surface area contributed by atoms with E-state index in [1.54, 1.807) is 42.7 Å². The molecule has 4 heteroatoms. The first-order valence-electron chi connectivity index (χ1n) is 6.05. The maximum atomic E-state index is 11.0. The van der Waals surface area contributed by atoms with E-state index in [1.807, 2.05) is 6.07 Å². The highest BCUT2D eigenvalue weighted by atomic mass is 16.4. The molecule has 2 aromatic rings. The van der Waals surface area contributed by atoms with Crippen molar-refractivity contribution >= 4 is 5.97 Å². The molecule has 19 heavy (non-hydrogen) atoms. The third-order valence-electron chi connectivity index (χ3n) is 3.00. The van der Waals surface area contributed by atoms with Crippen LogP contribution in [0.25, 0.3) is 0 Å². The van der Waals surface area contributed by atoms with Crippen LogP contribution in [0.1, 0.15) is 23.5 Å². The number of hydrogen-bond donors (Lipinski definition) is 2. The van der Waals surface area contributed by atoms with Crippen LogP contribution in [0.3, 0.4) is 0 Å². The van der Waals surface area contributed by atoms with Gasteiger partial charge in [-0.3, -0.25) is 9.78 Å². The number of carbonyl (C=O) groups is 1. The molecule has 0 radical (unpaired) electrons. The van der Waals surface area contributed by atoms with E-state index < -0.39 is 5.97 Å². The van der Waals surface area contributed by atoms with Crippen molar-refractivity contribution < 1.29 is 15.0 Å². The Hall–Kier alpha value is -2.36.